The van der Waals surface area contributed by atoms with Crippen molar-refractivity contribution in [2.45, 2.75) is 27.3 Å². The van der Waals surface area contributed by atoms with Crippen molar-refractivity contribution in [1.82, 2.24) is 10.2 Å². The third kappa shape index (κ3) is 4.21. The first kappa shape index (κ1) is 16.8. The van der Waals surface area contributed by atoms with Gasteiger partial charge in [-0.15, -0.1) is 0 Å². The minimum atomic E-state index is 0.699. The maximum atomic E-state index is 5.82. The zero-order valence-corrected chi connectivity index (χ0v) is 14.1. The molecule has 0 atom stereocenters. The minimum Gasteiger partial charge on any atom is -0.494 e. The summed E-state index contributed by atoms with van der Waals surface area (Å²) in [5.41, 5.74) is 1.26. The summed E-state index contributed by atoms with van der Waals surface area (Å²) < 4.78 is 5.82. The van der Waals surface area contributed by atoms with Crippen molar-refractivity contribution in [2.75, 3.05) is 32.8 Å². The fourth-order valence-electron chi connectivity index (χ4n) is 2.78. The average molecular weight is 300 g/mol. The number of benzene rings is 2. The first-order valence-corrected chi connectivity index (χ1v) is 8.36. The second-order valence-electron chi connectivity index (χ2n) is 5.40. The Balaban J connectivity index is 2.09. The molecule has 0 fully saturated rings. The molecule has 0 aliphatic carbocycles. The van der Waals surface area contributed by atoms with Crippen molar-refractivity contribution in [3.05, 3.63) is 42.0 Å². The van der Waals surface area contributed by atoms with E-state index < -0.39 is 0 Å². The normalized spacial score (nSPS) is 11.3. The summed E-state index contributed by atoms with van der Waals surface area (Å²) >= 11 is 0. The van der Waals surface area contributed by atoms with Crippen LogP contribution in [0.4, 0.5) is 0 Å². The largest absolute Gasteiger partial charge is 0.494 e. The van der Waals surface area contributed by atoms with Crippen LogP contribution < -0.4 is 10.1 Å². The molecule has 3 nitrogen and oxygen atoms in total. The van der Waals surface area contributed by atoms with E-state index in [-0.39, 0.29) is 0 Å². The predicted molar refractivity (Wildman–Crippen MR) is 94.6 cm³/mol. The molecule has 0 saturated carbocycles. The molecule has 0 aromatic heterocycles. The van der Waals surface area contributed by atoms with Crippen LogP contribution in [0.1, 0.15) is 26.3 Å². The monoisotopic (exact) mass is 300 g/mol. The van der Waals surface area contributed by atoms with Crippen LogP contribution in [0, 0.1) is 0 Å². The molecular formula is C19H28N2O. The Morgan fingerprint density at radius 3 is 2.50 bits per heavy atom. The van der Waals surface area contributed by atoms with Crippen molar-refractivity contribution >= 4 is 10.8 Å². The molecule has 1 N–H and O–H groups in total. The molecule has 0 aliphatic heterocycles. The molecule has 0 saturated heterocycles. The van der Waals surface area contributed by atoms with E-state index in [2.05, 4.69) is 60.5 Å². The highest BCUT2D eigenvalue weighted by atomic mass is 16.5. The summed E-state index contributed by atoms with van der Waals surface area (Å²) in [7, 11) is 0. The number of likely N-dealkylation sites (N-methyl/N-ethyl adjacent to an activating group) is 1. The van der Waals surface area contributed by atoms with Gasteiger partial charge in [0.1, 0.15) is 5.75 Å². The fraction of sp³-hybridized carbons (Fsp3) is 0.474. The lowest BCUT2D eigenvalue weighted by Crippen LogP contribution is -2.31. The Hall–Kier alpha value is -1.58. The molecule has 120 valence electrons. The van der Waals surface area contributed by atoms with Crippen molar-refractivity contribution < 1.29 is 4.74 Å². The molecule has 0 aliphatic rings. The van der Waals surface area contributed by atoms with E-state index in [4.69, 9.17) is 4.74 Å². The van der Waals surface area contributed by atoms with Gasteiger partial charge in [0.15, 0.2) is 0 Å². The number of nitrogens with one attached hydrogen (secondary N) is 1. The zero-order chi connectivity index (χ0) is 15.8. The molecule has 0 amide bonds. The van der Waals surface area contributed by atoms with Crippen LogP contribution in [-0.2, 0) is 6.54 Å². The van der Waals surface area contributed by atoms with E-state index in [0.717, 1.165) is 38.5 Å². The highest BCUT2D eigenvalue weighted by Crippen LogP contribution is 2.28. The molecule has 0 heterocycles. The van der Waals surface area contributed by atoms with Gasteiger partial charge in [0.05, 0.1) is 6.61 Å². The van der Waals surface area contributed by atoms with E-state index in [1.807, 2.05) is 6.92 Å². The number of hydrogen-bond donors (Lipinski definition) is 1. The minimum absolute atomic E-state index is 0.699. The topological polar surface area (TPSA) is 24.5 Å². The van der Waals surface area contributed by atoms with Crippen LogP contribution in [-0.4, -0.2) is 37.7 Å². The van der Waals surface area contributed by atoms with E-state index in [9.17, 15) is 0 Å². The highest BCUT2D eigenvalue weighted by Gasteiger charge is 2.08. The molecule has 2 rings (SSSR count). The number of hydrogen-bond acceptors (Lipinski definition) is 3. The van der Waals surface area contributed by atoms with Crippen LogP contribution >= 0.6 is 0 Å². The lowest BCUT2D eigenvalue weighted by molar-refractivity contribution is 0.301. The summed E-state index contributed by atoms with van der Waals surface area (Å²) in [5.74, 6) is 0.997. The van der Waals surface area contributed by atoms with Gasteiger partial charge in [-0.1, -0.05) is 44.2 Å². The van der Waals surface area contributed by atoms with Gasteiger partial charge < -0.3 is 15.0 Å². The Kier molecular flexibility index (Phi) is 6.69. The first-order valence-electron chi connectivity index (χ1n) is 8.36. The van der Waals surface area contributed by atoms with Crippen LogP contribution in [0.2, 0.25) is 0 Å². The van der Waals surface area contributed by atoms with Gasteiger partial charge in [-0.3, -0.25) is 0 Å². The van der Waals surface area contributed by atoms with Gasteiger partial charge in [-0.25, -0.2) is 0 Å². The quantitative estimate of drug-likeness (QED) is 0.715. The molecule has 2 aromatic rings. The third-order valence-corrected chi connectivity index (χ3v) is 4.10. The molecule has 0 bridgehead atoms. The molecule has 0 spiro atoms. The van der Waals surface area contributed by atoms with Crippen molar-refractivity contribution in [2.24, 2.45) is 0 Å². The van der Waals surface area contributed by atoms with Gasteiger partial charge in [0.25, 0.3) is 0 Å². The molecule has 0 radical (unpaired) electrons. The van der Waals surface area contributed by atoms with Crippen molar-refractivity contribution in [3.8, 4) is 5.75 Å². The summed E-state index contributed by atoms with van der Waals surface area (Å²) in [6.07, 6.45) is 0. The highest BCUT2D eigenvalue weighted by molar-refractivity contribution is 5.87. The predicted octanol–water partition coefficient (Wildman–Crippen LogP) is 3.67. The zero-order valence-electron chi connectivity index (χ0n) is 14.1. The Morgan fingerprint density at radius 2 is 1.77 bits per heavy atom. The Labute approximate surface area is 134 Å². The SMILES string of the molecule is CCOc1ccc2ccccc2c1CNCCN(CC)CC. The lowest BCUT2D eigenvalue weighted by atomic mass is 10.0. The van der Waals surface area contributed by atoms with Crippen LogP contribution in [0.15, 0.2) is 36.4 Å². The molecule has 0 unspecified atom stereocenters. The Morgan fingerprint density at radius 1 is 1.00 bits per heavy atom. The molecule has 22 heavy (non-hydrogen) atoms. The van der Waals surface area contributed by atoms with Gasteiger partial charge in [0, 0.05) is 25.2 Å². The smallest absolute Gasteiger partial charge is 0.124 e. The molecule has 2 aromatic carbocycles. The summed E-state index contributed by atoms with van der Waals surface area (Å²) in [5, 5.41) is 6.12. The van der Waals surface area contributed by atoms with Gasteiger partial charge in [-0.05, 0) is 36.9 Å². The van der Waals surface area contributed by atoms with Crippen molar-refractivity contribution in [3.63, 3.8) is 0 Å². The van der Waals surface area contributed by atoms with Crippen LogP contribution in [0.5, 0.6) is 5.75 Å². The number of nitrogens with zero attached hydrogens (tertiary/aromatic N) is 1. The average Bonchev–Trinajstić information content (AvgIpc) is 2.56. The van der Waals surface area contributed by atoms with Gasteiger partial charge >= 0.3 is 0 Å². The number of ether oxygens (including phenoxy) is 1. The lowest BCUT2D eigenvalue weighted by Gasteiger charge is -2.19. The van der Waals surface area contributed by atoms with E-state index in [1.54, 1.807) is 0 Å². The molecule has 3 heteroatoms. The van der Waals surface area contributed by atoms with E-state index in [1.165, 1.54) is 16.3 Å². The molecular weight excluding hydrogens is 272 g/mol. The van der Waals surface area contributed by atoms with E-state index in [0.29, 0.717) is 6.61 Å². The summed E-state index contributed by atoms with van der Waals surface area (Å²) in [6, 6.07) is 12.7. The third-order valence-electron chi connectivity index (χ3n) is 4.10. The van der Waals surface area contributed by atoms with Crippen LogP contribution in [0.3, 0.4) is 0 Å². The Bertz CT molecular complexity index is 579. The second kappa shape index (κ2) is 8.76. The number of fused-ring (bicyclic) bond motifs is 1. The summed E-state index contributed by atoms with van der Waals surface area (Å²) in [4.78, 5) is 2.43. The van der Waals surface area contributed by atoms with E-state index >= 15 is 0 Å². The fourth-order valence-corrected chi connectivity index (χ4v) is 2.78. The standard InChI is InChI=1S/C19H28N2O/c1-4-21(5-2)14-13-20-15-18-17-10-8-7-9-16(17)11-12-19(18)22-6-3/h7-12,20H,4-6,13-15H2,1-3H3. The summed E-state index contributed by atoms with van der Waals surface area (Å²) in [6.45, 7) is 12.3. The van der Waals surface area contributed by atoms with Gasteiger partial charge in [-0.2, -0.15) is 0 Å². The number of rotatable bonds is 9. The second-order valence-corrected chi connectivity index (χ2v) is 5.40. The van der Waals surface area contributed by atoms with Crippen LogP contribution in [0.25, 0.3) is 10.8 Å². The van der Waals surface area contributed by atoms with Gasteiger partial charge in [0.2, 0.25) is 0 Å². The van der Waals surface area contributed by atoms with Crippen molar-refractivity contribution in [1.29, 1.82) is 0 Å². The first-order chi connectivity index (χ1) is 10.8. The maximum absolute atomic E-state index is 5.82. The maximum Gasteiger partial charge on any atom is 0.124 e.